The lowest BCUT2D eigenvalue weighted by Crippen LogP contribution is -2.47. The molecule has 1 aliphatic carbocycles. The highest BCUT2D eigenvalue weighted by atomic mass is 16.2. The zero-order valence-electron chi connectivity index (χ0n) is 15.9. The maximum atomic E-state index is 12.7. The summed E-state index contributed by atoms with van der Waals surface area (Å²) in [5.41, 5.74) is 5.31. The molecule has 2 N–H and O–H groups in total. The Morgan fingerprint density at radius 2 is 1.92 bits per heavy atom. The first-order chi connectivity index (χ1) is 12.4. The Morgan fingerprint density at radius 1 is 1.15 bits per heavy atom. The highest BCUT2D eigenvalue weighted by Crippen LogP contribution is 2.30. The number of urea groups is 1. The molecular weight excluding hydrogens is 320 g/mol. The molecule has 1 atom stereocenters. The highest BCUT2D eigenvalue weighted by Gasteiger charge is 2.26. The largest absolute Gasteiger partial charge is 0.331 e. The number of amides is 2. The van der Waals surface area contributed by atoms with Crippen LogP contribution in [0.4, 0.5) is 4.79 Å². The van der Waals surface area contributed by atoms with Crippen molar-refractivity contribution in [2.45, 2.75) is 51.6 Å². The monoisotopic (exact) mass is 348 g/mol. The van der Waals surface area contributed by atoms with Crippen LogP contribution < -0.4 is 10.6 Å². The lowest BCUT2D eigenvalue weighted by Gasteiger charge is -2.31. The minimum absolute atomic E-state index is 0.0810. The normalized spacial score (nSPS) is 16.5. The van der Waals surface area contributed by atoms with E-state index in [1.54, 1.807) is 0 Å². The van der Waals surface area contributed by atoms with E-state index in [2.05, 4.69) is 41.5 Å². The molecule has 0 radical (unpaired) electrons. The quantitative estimate of drug-likeness (QED) is 0.770. The summed E-state index contributed by atoms with van der Waals surface area (Å²) < 4.78 is 0. The van der Waals surface area contributed by atoms with E-state index in [1.807, 2.05) is 45.0 Å². The highest BCUT2D eigenvalue weighted by molar-refractivity contribution is 5.76. The first-order valence-corrected chi connectivity index (χ1v) is 9.30. The Balaban J connectivity index is 1.72. The van der Waals surface area contributed by atoms with Crippen LogP contribution in [0.1, 0.15) is 61.9 Å². The summed E-state index contributed by atoms with van der Waals surface area (Å²) in [5, 5.41) is 6.31. The zero-order chi connectivity index (χ0) is 18.7. The van der Waals surface area contributed by atoms with E-state index in [1.165, 1.54) is 11.1 Å². The van der Waals surface area contributed by atoms with Crippen molar-refractivity contribution in [1.29, 1.82) is 0 Å². The Labute approximate surface area is 156 Å². The third kappa shape index (κ3) is 3.98. The fourth-order valence-electron chi connectivity index (χ4n) is 3.63. The van der Waals surface area contributed by atoms with Gasteiger partial charge in [0.1, 0.15) is 0 Å². The van der Waals surface area contributed by atoms with Crippen molar-refractivity contribution in [1.82, 2.24) is 10.6 Å². The van der Waals surface area contributed by atoms with Crippen LogP contribution >= 0.6 is 0 Å². The fourth-order valence-corrected chi connectivity index (χ4v) is 3.63. The van der Waals surface area contributed by atoms with E-state index < -0.39 is 5.54 Å². The summed E-state index contributed by atoms with van der Waals surface area (Å²) in [6.45, 7) is 10.1. The molecule has 3 nitrogen and oxygen atoms in total. The number of aryl methyl sites for hydroxylation is 1. The van der Waals surface area contributed by atoms with Gasteiger partial charge in [0, 0.05) is 0 Å². The summed E-state index contributed by atoms with van der Waals surface area (Å²) in [4.78, 5) is 12.7. The Kier molecular flexibility index (Phi) is 5.17. The molecule has 3 rings (SSSR count). The molecule has 3 heteroatoms. The molecule has 1 aliphatic rings. The maximum absolute atomic E-state index is 12.7. The fraction of sp³-hybridized carbons (Fsp3) is 0.348. The van der Waals surface area contributed by atoms with Gasteiger partial charge in [0.2, 0.25) is 0 Å². The first-order valence-electron chi connectivity index (χ1n) is 9.30. The molecule has 2 aromatic carbocycles. The van der Waals surface area contributed by atoms with Gasteiger partial charge >= 0.3 is 6.03 Å². The molecule has 2 amide bonds. The molecule has 0 fully saturated rings. The SMILES string of the molecule is C=C(C)c1cccc(C(C)(C)NC(=O)NC2CCCc3ccccc32)c1. The first kappa shape index (κ1) is 18.2. The summed E-state index contributed by atoms with van der Waals surface area (Å²) in [6, 6.07) is 16.5. The average Bonchev–Trinajstić information content (AvgIpc) is 2.61. The van der Waals surface area contributed by atoms with Gasteiger partial charge in [0.05, 0.1) is 11.6 Å². The third-order valence-corrected chi connectivity index (χ3v) is 5.18. The summed E-state index contributed by atoms with van der Waals surface area (Å²) in [5.74, 6) is 0. The van der Waals surface area contributed by atoms with Crippen molar-refractivity contribution >= 4 is 11.6 Å². The van der Waals surface area contributed by atoms with E-state index in [0.717, 1.165) is 36.0 Å². The van der Waals surface area contributed by atoms with E-state index >= 15 is 0 Å². The third-order valence-electron chi connectivity index (χ3n) is 5.18. The minimum Gasteiger partial charge on any atom is -0.331 e. The van der Waals surface area contributed by atoms with Crippen LogP contribution in [-0.4, -0.2) is 6.03 Å². The van der Waals surface area contributed by atoms with Crippen LogP contribution in [0.25, 0.3) is 5.57 Å². The van der Waals surface area contributed by atoms with Crippen LogP contribution in [0.5, 0.6) is 0 Å². The van der Waals surface area contributed by atoms with Crippen LogP contribution in [0, 0.1) is 0 Å². The van der Waals surface area contributed by atoms with Gasteiger partial charge in [0.15, 0.2) is 0 Å². The predicted molar refractivity (Wildman–Crippen MR) is 108 cm³/mol. The molecule has 0 saturated heterocycles. The van der Waals surface area contributed by atoms with Gasteiger partial charge in [-0.05, 0) is 68.4 Å². The van der Waals surface area contributed by atoms with Gasteiger partial charge in [-0.2, -0.15) is 0 Å². The molecule has 0 bridgehead atoms. The number of hydrogen-bond acceptors (Lipinski definition) is 1. The molecule has 136 valence electrons. The van der Waals surface area contributed by atoms with Crippen LogP contribution in [0.15, 0.2) is 55.1 Å². The second kappa shape index (κ2) is 7.36. The summed E-state index contributed by atoms with van der Waals surface area (Å²) >= 11 is 0. The number of nitrogens with one attached hydrogen (secondary N) is 2. The van der Waals surface area contributed by atoms with Crippen molar-refractivity contribution < 1.29 is 4.79 Å². The van der Waals surface area contributed by atoms with Gasteiger partial charge in [-0.1, -0.05) is 54.6 Å². The van der Waals surface area contributed by atoms with Gasteiger partial charge < -0.3 is 10.6 Å². The number of carbonyl (C=O) groups is 1. The van der Waals surface area contributed by atoms with E-state index in [4.69, 9.17) is 0 Å². The smallest absolute Gasteiger partial charge is 0.315 e. The van der Waals surface area contributed by atoms with Crippen molar-refractivity contribution in [2.24, 2.45) is 0 Å². The second-order valence-electron chi connectivity index (χ2n) is 7.73. The number of allylic oxidation sites excluding steroid dienone is 1. The van der Waals surface area contributed by atoms with Crippen LogP contribution in [0.2, 0.25) is 0 Å². The minimum atomic E-state index is -0.469. The van der Waals surface area contributed by atoms with Crippen molar-refractivity contribution in [2.75, 3.05) is 0 Å². The molecule has 0 spiro atoms. The maximum Gasteiger partial charge on any atom is 0.315 e. The van der Waals surface area contributed by atoms with E-state index in [0.29, 0.717) is 0 Å². The van der Waals surface area contributed by atoms with E-state index in [-0.39, 0.29) is 12.1 Å². The van der Waals surface area contributed by atoms with Gasteiger partial charge in [-0.3, -0.25) is 0 Å². The van der Waals surface area contributed by atoms with Gasteiger partial charge in [-0.25, -0.2) is 4.79 Å². The number of fused-ring (bicyclic) bond motifs is 1. The topological polar surface area (TPSA) is 41.1 Å². The average molecular weight is 348 g/mol. The Hall–Kier alpha value is -2.55. The lowest BCUT2D eigenvalue weighted by molar-refractivity contribution is 0.224. The second-order valence-corrected chi connectivity index (χ2v) is 7.73. The van der Waals surface area contributed by atoms with Crippen molar-refractivity contribution in [3.05, 3.63) is 77.4 Å². The number of carbonyl (C=O) groups excluding carboxylic acids is 1. The summed E-state index contributed by atoms with van der Waals surface area (Å²) in [7, 11) is 0. The molecular formula is C23H28N2O. The number of rotatable bonds is 4. The van der Waals surface area contributed by atoms with E-state index in [9.17, 15) is 4.79 Å². The van der Waals surface area contributed by atoms with Gasteiger partial charge in [0.25, 0.3) is 0 Å². The lowest BCUT2D eigenvalue weighted by atomic mass is 9.88. The molecule has 0 heterocycles. The molecule has 0 aromatic heterocycles. The van der Waals surface area contributed by atoms with Gasteiger partial charge in [-0.15, -0.1) is 0 Å². The van der Waals surface area contributed by atoms with Crippen molar-refractivity contribution in [3.8, 4) is 0 Å². The van der Waals surface area contributed by atoms with Crippen LogP contribution in [0.3, 0.4) is 0 Å². The summed E-state index contributed by atoms with van der Waals surface area (Å²) in [6.07, 6.45) is 3.18. The molecule has 26 heavy (non-hydrogen) atoms. The van der Waals surface area contributed by atoms with Crippen LogP contribution in [-0.2, 0) is 12.0 Å². The zero-order valence-corrected chi connectivity index (χ0v) is 15.9. The predicted octanol–water partition coefficient (Wildman–Crippen LogP) is 5.33. The number of hydrogen-bond donors (Lipinski definition) is 2. The van der Waals surface area contributed by atoms with Crippen molar-refractivity contribution in [3.63, 3.8) is 0 Å². The molecule has 2 aromatic rings. The standard InChI is InChI=1S/C23H28N2O/c1-16(2)18-11-7-12-19(15-18)23(3,4)25-22(26)24-21-14-8-10-17-9-5-6-13-20(17)21/h5-7,9,11-13,15,21H,1,8,10,14H2,2-4H3,(H2,24,25,26). The number of benzene rings is 2. The Morgan fingerprint density at radius 3 is 2.69 bits per heavy atom. The molecule has 0 saturated carbocycles. The molecule has 0 aliphatic heterocycles. The Bertz CT molecular complexity index is 822. The molecule has 1 unspecified atom stereocenters.